The summed E-state index contributed by atoms with van der Waals surface area (Å²) in [6.07, 6.45) is 2.49. The van der Waals surface area contributed by atoms with E-state index in [4.69, 9.17) is 4.74 Å². The third-order valence-corrected chi connectivity index (χ3v) is 3.86. The van der Waals surface area contributed by atoms with Crippen molar-refractivity contribution in [3.05, 3.63) is 0 Å². The van der Waals surface area contributed by atoms with Crippen LogP contribution < -0.4 is 5.32 Å². The zero-order valence-electron chi connectivity index (χ0n) is 11.2. The van der Waals surface area contributed by atoms with Gasteiger partial charge in [-0.15, -0.1) is 0 Å². The monoisotopic (exact) mass is 257 g/mol. The molecule has 1 rings (SSSR count). The maximum Gasteiger partial charge on any atom is 0.311 e. The fraction of sp³-hybridized carbons (Fsp3) is 0.846. The molecule has 0 saturated carbocycles. The van der Waals surface area contributed by atoms with E-state index in [2.05, 4.69) is 5.32 Å². The van der Waals surface area contributed by atoms with Crippen molar-refractivity contribution in [1.29, 1.82) is 0 Å². The minimum Gasteiger partial charge on any atom is -0.481 e. The molecule has 1 saturated heterocycles. The van der Waals surface area contributed by atoms with Crippen molar-refractivity contribution in [3.63, 3.8) is 0 Å². The summed E-state index contributed by atoms with van der Waals surface area (Å²) in [6, 6.07) is 0. The molecule has 18 heavy (non-hydrogen) atoms. The Hall–Kier alpha value is -1.10. The van der Waals surface area contributed by atoms with Gasteiger partial charge in [-0.1, -0.05) is 13.8 Å². The van der Waals surface area contributed by atoms with Crippen molar-refractivity contribution in [1.82, 2.24) is 5.32 Å². The van der Waals surface area contributed by atoms with Gasteiger partial charge in [0.1, 0.15) is 0 Å². The topological polar surface area (TPSA) is 75.6 Å². The molecule has 0 aromatic rings. The van der Waals surface area contributed by atoms with E-state index < -0.39 is 11.4 Å². The van der Waals surface area contributed by atoms with Crippen molar-refractivity contribution in [2.75, 3.05) is 19.8 Å². The Morgan fingerprint density at radius 1 is 1.28 bits per heavy atom. The van der Waals surface area contributed by atoms with Gasteiger partial charge in [0.05, 0.1) is 5.41 Å². The van der Waals surface area contributed by atoms with Crippen molar-refractivity contribution in [3.8, 4) is 0 Å². The Morgan fingerprint density at radius 3 is 2.28 bits per heavy atom. The van der Waals surface area contributed by atoms with Crippen LogP contribution in [-0.4, -0.2) is 36.7 Å². The maximum absolute atomic E-state index is 11.9. The van der Waals surface area contributed by atoms with Crippen LogP contribution in [0.15, 0.2) is 0 Å². The van der Waals surface area contributed by atoms with Gasteiger partial charge in [0.25, 0.3) is 0 Å². The number of hydrogen-bond donors (Lipinski definition) is 2. The van der Waals surface area contributed by atoms with Gasteiger partial charge >= 0.3 is 5.97 Å². The molecule has 0 aromatic carbocycles. The Morgan fingerprint density at radius 2 is 1.83 bits per heavy atom. The van der Waals surface area contributed by atoms with Crippen LogP contribution in [0.5, 0.6) is 0 Å². The Kier molecular flexibility index (Phi) is 5.59. The number of carbonyl (C=O) groups is 2. The lowest BCUT2D eigenvalue weighted by Gasteiger charge is -2.33. The molecule has 104 valence electrons. The van der Waals surface area contributed by atoms with Gasteiger partial charge in [-0.05, 0) is 25.7 Å². The van der Waals surface area contributed by atoms with E-state index in [9.17, 15) is 14.7 Å². The number of aliphatic carboxylic acids is 1. The van der Waals surface area contributed by atoms with E-state index in [0.717, 1.165) is 12.8 Å². The van der Waals surface area contributed by atoms with E-state index in [1.165, 1.54) is 0 Å². The third-order valence-electron chi connectivity index (χ3n) is 3.86. The highest BCUT2D eigenvalue weighted by atomic mass is 16.5. The quantitative estimate of drug-likeness (QED) is 0.754. The third kappa shape index (κ3) is 3.45. The van der Waals surface area contributed by atoms with Gasteiger partial charge in [0.2, 0.25) is 5.91 Å². The zero-order valence-corrected chi connectivity index (χ0v) is 11.2. The zero-order chi connectivity index (χ0) is 13.6. The highest BCUT2D eigenvalue weighted by molar-refractivity contribution is 5.80. The molecule has 2 N–H and O–H groups in total. The summed E-state index contributed by atoms with van der Waals surface area (Å²) in [5.74, 6) is -0.890. The molecule has 0 unspecified atom stereocenters. The molecular formula is C13H23NO4. The van der Waals surface area contributed by atoms with Crippen molar-refractivity contribution in [2.24, 2.45) is 11.3 Å². The van der Waals surface area contributed by atoms with Crippen LogP contribution in [0.4, 0.5) is 0 Å². The highest BCUT2D eigenvalue weighted by Crippen LogP contribution is 2.30. The molecule has 0 atom stereocenters. The predicted octanol–water partition coefficient (Wildman–Crippen LogP) is 1.42. The average Bonchev–Trinajstić information content (AvgIpc) is 2.38. The standard InChI is InChI=1S/C13H23NO4/c1-3-10(4-2)11(15)14-9-13(12(16)17)5-7-18-8-6-13/h10H,3-9H2,1-2H3,(H,14,15)(H,16,17). The summed E-state index contributed by atoms with van der Waals surface area (Å²) >= 11 is 0. The van der Waals surface area contributed by atoms with Gasteiger partial charge in [-0.3, -0.25) is 9.59 Å². The molecule has 1 aliphatic rings. The first-order valence-corrected chi connectivity index (χ1v) is 6.64. The number of nitrogens with one attached hydrogen (secondary N) is 1. The van der Waals surface area contributed by atoms with Gasteiger partial charge < -0.3 is 15.2 Å². The van der Waals surface area contributed by atoms with E-state index in [1.54, 1.807) is 0 Å². The molecular weight excluding hydrogens is 234 g/mol. The number of amides is 1. The van der Waals surface area contributed by atoms with Gasteiger partial charge in [0.15, 0.2) is 0 Å². The molecule has 5 nitrogen and oxygen atoms in total. The lowest BCUT2D eigenvalue weighted by atomic mass is 9.80. The molecule has 1 heterocycles. The first-order chi connectivity index (χ1) is 8.55. The second-order valence-corrected chi connectivity index (χ2v) is 4.93. The second-order valence-electron chi connectivity index (χ2n) is 4.93. The molecule has 0 aliphatic carbocycles. The summed E-state index contributed by atoms with van der Waals surface area (Å²) in [5, 5.41) is 12.1. The summed E-state index contributed by atoms with van der Waals surface area (Å²) in [6.45, 7) is 5.05. The van der Waals surface area contributed by atoms with Crippen LogP contribution in [0, 0.1) is 11.3 Å². The van der Waals surface area contributed by atoms with Crippen LogP contribution in [0.25, 0.3) is 0 Å². The Balaban J connectivity index is 2.57. The van der Waals surface area contributed by atoms with Crippen LogP contribution in [0.2, 0.25) is 0 Å². The number of hydrogen-bond acceptors (Lipinski definition) is 3. The van der Waals surface area contributed by atoms with Crippen LogP contribution in [0.3, 0.4) is 0 Å². The molecule has 1 fully saturated rings. The number of carboxylic acid groups (broad SMARTS) is 1. The smallest absolute Gasteiger partial charge is 0.311 e. The highest BCUT2D eigenvalue weighted by Gasteiger charge is 2.40. The maximum atomic E-state index is 11.9. The minimum absolute atomic E-state index is 0.0179. The predicted molar refractivity (Wildman–Crippen MR) is 67.2 cm³/mol. The Bertz CT molecular complexity index is 293. The summed E-state index contributed by atoms with van der Waals surface area (Å²) in [5.41, 5.74) is -0.847. The Labute approximate surface area is 108 Å². The summed E-state index contributed by atoms with van der Waals surface area (Å²) in [4.78, 5) is 23.3. The van der Waals surface area contributed by atoms with Crippen LogP contribution in [-0.2, 0) is 14.3 Å². The average molecular weight is 257 g/mol. The number of carboxylic acids is 1. The molecule has 0 bridgehead atoms. The van der Waals surface area contributed by atoms with E-state index in [1.807, 2.05) is 13.8 Å². The van der Waals surface area contributed by atoms with Crippen molar-refractivity contribution < 1.29 is 19.4 Å². The van der Waals surface area contributed by atoms with Gasteiger partial charge in [-0.2, -0.15) is 0 Å². The lowest BCUT2D eigenvalue weighted by molar-refractivity contribution is -0.154. The number of carbonyl (C=O) groups excluding carboxylic acids is 1. The van der Waals surface area contributed by atoms with Crippen molar-refractivity contribution >= 4 is 11.9 Å². The number of ether oxygens (including phenoxy) is 1. The van der Waals surface area contributed by atoms with Crippen molar-refractivity contribution in [2.45, 2.75) is 39.5 Å². The van der Waals surface area contributed by atoms with E-state index in [0.29, 0.717) is 26.1 Å². The van der Waals surface area contributed by atoms with Crippen LogP contribution in [0.1, 0.15) is 39.5 Å². The molecule has 0 radical (unpaired) electrons. The summed E-state index contributed by atoms with van der Waals surface area (Å²) in [7, 11) is 0. The van der Waals surface area contributed by atoms with Gasteiger partial charge in [-0.25, -0.2) is 0 Å². The molecule has 1 aliphatic heterocycles. The fourth-order valence-corrected chi connectivity index (χ4v) is 2.29. The first kappa shape index (κ1) is 15.0. The van der Waals surface area contributed by atoms with E-state index >= 15 is 0 Å². The van der Waals surface area contributed by atoms with Crippen LogP contribution >= 0.6 is 0 Å². The van der Waals surface area contributed by atoms with E-state index in [-0.39, 0.29) is 18.4 Å². The largest absolute Gasteiger partial charge is 0.481 e. The SMILES string of the molecule is CCC(CC)C(=O)NCC1(C(=O)O)CCOCC1. The molecule has 1 amide bonds. The normalized spacial score (nSPS) is 18.6. The van der Waals surface area contributed by atoms with Gasteiger partial charge in [0, 0.05) is 25.7 Å². The summed E-state index contributed by atoms with van der Waals surface area (Å²) < 4.78 is 5.20. The fourth-order valence-electron chi connectivity index (χ4n) is 2.29. The second kappa shape index (κ2) is 6.73. The lowest BCUT2D eigenvalue weighted by Crippen LogP contribution is -2.47. The number of rotatable bonds is 6. The molecule has 0 spiro atoms. The molecule has 5 heteroatoms. The minimum atomic E-state index is -0.847. The first-order valence-electron chi connectivity index (χ1n) is 6.64. The molecule has 0 aromatic heterocycles.